The molecule has 2 nitrogen and oxygen atoms in total. The molecule has 1 aliphatic heterocycles. The summed E-state index contributed by atoms with van der Waals surface area (Å²) in [6, 6.07) is 12.7. The average Bonchev–Trinajstić information content (AvgIpc) is 2.39. The van der Waals surface area contributed by atoms with Crippen LogP contribution in [-0.4, -0.2) is 15.5 Å². The number of phenols is 2. The Labute approximate surface area is 116 Å². The van der Waals surface area contributed by atoms with Crippen molar-refractivity contribution >= 4 is 23.4 Å². The minimum Gasteiger partial charge on any atom is -0.508 e. The fraction of sp³-hybridized carbons (Fsp3) is 0.125. The van der Waals surface area contributed by atoms with Crippen LogP contribution in [-0.2, 0) is 0 Å². The first-order chi connectivity index (χ1) is 9.13. The van der Waals surface area contributed by atoms with Gasteiger partial charge in [0.15, 0.2) is 0 Å². The lowest BCUT2D eigenvalue weighted by Gasteiger charge is -2.23. The van der Waals surface area contributed by atoms with Gasteiger partial charge >= 0.3 is 0 Å². The second-order valence-electron chi connectivity index (χ2n) is 4.63. The SMILES string of the molecule is CC1Sc2cc(O)ccc2C=C1c1ccc(O)cc1. The van der Waals surface area contributed by atoms with Crippen LogP contribution in [0.4, 0.5) is 0 Å². The van der Waals surface area contributed by atoms with E-state index in [9.17, 15) is 10.2 Å². The van der Waals surface area contributed by atoms with Crippen molar-refractivity contribution in [1.82, 2.24) is 0 Å². The lowest BCUT2D eigenvalue weighted by atomic mass is 9.99. The van der Waals surface area contributed by atoms with Crippen molar-refractivity contribution in [3.8, 4) is 11.5 Å². The molecule has 1 aliphatic rings. The summed E-state index contributed by atoms with van der Waals surface area (Å²) in [5.41, 5.74) is 3.49. The summed E-state index contributed by atoms with van der Waals surface area (Å²) < 4.78 is 0. The standard InChI is InChI=1S/C16H14O2S/c1-10-15(11-2-5-13(17)6-3-11)8-12-4-7-14(18)9-16(12)19-10/h2-10,17-18H,1H3. The number of hydrogen-bond donors (Lipinski definition) is 2. The summed E-state index contributed by atoms with van der Waals surface area (Å²) in [6.07, 6.45) is 2.16. The van der Waals surface area contributed by atoms with Gasteiger partial charge in [-0.2, -0.15) is 0 Å². The number of benzene rings is 2. The third kappa shape index (κ3) is 2.34. The Hall–Kier alpha value is -1.87. The second-order valence-corrected chi connectivity index (χ2v) is 6.01. The number of fused-ring (bicyclic) bond motifs is 1. The number of hydrogen-bond acceptors (Lipinski definition) is 3. The topological polar surface area (TPSA) is 40.5 Å². The van der Waals surface area contributed by atoms with E-state index in [1.54, 1.807) is 36.0 Å². The van der Waals surface area contributed by atoms with E-state index in [0.717, 1.165) is 16.0 Å². The van der Waals surface area contributed by atoms with Crippen molar-refractivity contribution in [2.24, 2.45) is 0 Å². The third-order valence-corrected chi connectivity index (χ3v) is 4.47. The van der Waals surface area contributed by atoms with Gasteiger partial charge in [-0.25, -0.2) is 0 Å². The lowest BCUT2D eigenvalue weighted by molar-refractivity contribution is 0.473. The monoisotopic (exact) mass is 270 g/mol. The molecule has 0 bridgehead atoms. The van der Waals surface area contributed by atoms with Gasteiger partial charge in [0.25, 0.3) is 0 Å². The highest BCUT2D eigenvalue weighted by Crippen LogP contribution is 2.42. The molecular formula is C16H14O2S. The highest BCUT2D eigenvalue weighted by molar-refractivity contribution is 8.00. The summed E-state index contributed by atoms with van der Waals surface area (Å²) in [4.78, 5) is 1.11. The number of phenolic OH excluding ortho intramolecular Hbond substituents is 2. The molecule has 0 saturated carbocycles. The number of aromatic hydroxyl groups is 2. The molecule has 1 heterocycles. The van der Waals surface area contributed by atoms with Gasteiger partial charge in [-0.1, -0.05) is 18.2 Å². The van der Waals surface area contributed by atoms with Crippen LogP contribution in [0.5, 0.6) is 11.5 Å². The Morgan fingerprint density at radius 1 is 0.947 bits per heavy atom. The van der Waals surface area contributed by atoms with E-state index in [1.165, 1.54) is 5.57 Å². The molecule has 2 aromatic rings. The maximum Gasteiger partial charge on any atom is 0.116 e. The summed E-state index contributed by atoms with van der Waals surface area (Å²) in [5, 5.41) is 19.2. The zero-order valence-corrected chi connectivity index (χ0v) is 11.3. The molecule has 19 heavy (non-hydrogen) atoms. The van der Waals surface area contributed by atoms with Gasteiger partial charge in [0.05, 0.1) is 0 Å². The van der Waals surface area contributed by atoms with Crippen LogP contribution < -0.4 is 0 Å². The fourth-order valence-electron chi connectivity index (χ4n) is 2.26. The van der Waals surface area contributed by atoms with Crippen LogP contribution in [0.25, 0.3) is 11.6 Å². The molecule has 0 radical (unpaired) electrons. The van der Waals surface area contributed by atoms with Crippen molar-refractivity contribution in [3.05, 3.63) is 53.6 Å². The number of thioether (sulfide) groups is 1. The summed E-state index contributed by atoms with van der Waals surface area (Å²) >= 11 is 1.74. The van der Waals surface area contributed by atoms with Crippen molar-refractivity contribution in [1.29, 1.82) is 0 Å². The van der Waals surface area contributed by atoms with Crippen molar-refractivity contribution in [2.45, 2.75) is 17.1 Å². The molecule has 3 heteroatoms. The smallest absolute Gasteiger partial charge is 0.116 e. The van der Waals surface area contributed by atoms with Crippen LogP contribution in [0.1, 0.15) is 18.1 Å². The van der Waals surface area contributed by atoms with E-state index in [-0.39, 0.29) is 5.75 Å². The fourth-order valence-corrected chi connectivity index (χ4v) is 3.42. The van der Waals surface area contributed by atoms with Gasteiger partial charge in [-0.3, -0.25) is 0 Å². The second kappa shape index (κ2) is 4.67. The summed E-state index contributed by atoms with van der Waals surface area (Å²) in [6.45, 7) is 2.15. The van der Waals surface area contributed by atoms with E-state index >= 15 is 0 Å². The first kappa shape index (κ1) is 12.2. The Kier molecular flexibility index (Phi) is 2.99. The van der Waals surface area contributed by atoms with E-state index < -0.39 is 0 Å². The van der Waals surface area contributed by atoms with Crippen molar-refractivity contribution in [2.75, 3.05) is 0 Å². The molecule has 2 aromatic carbocycles. The molecule has 0 aliphatic carbocycles. The number of rotatable bonds is 1. The Bertz CT molecular complexity index is 644. The summed E-state index contributed by atoms with van der Waals surface area (Å²) in [7, 11) is 0. The van der Waals surface area contributed by atoms with Gasteiger partial charge in [0.1, 0.15) is 11.5 Å². The van der Waals surface area contributed by atoms with Crippen LogP contribution in [0.3, 0.4) is 0 Å². The van der Waals surface area contributed by atoms with Crippen molar-refractivity contribution < 1.29 is 10.2 Å². The maximum absolute atomic E-state index is 9.53. The minimum absolute atomic E-state index is 0.283. The molecule has 0 fully saturated rings. The molecule has 96 valence electrons. The molecule has 2 N–H and O–H groups in total. The zero-order chi connectivity index (χ0) is 13.4. The normalized spacial score (nSPS) is 17.7. The van der Waals surface area contributed by atoms with Gasteiger partial charge in [-0.05, 0) is 54.0 Å². The van der Waals surface area contributed by atoms with Crippen molar-refractivity contribution in [3.63, 3.8) is 0 Å². The predicted molar refractivity (Wildman–Crippen MR) is 79.4 cm³/mol. The van der Waals surface area contributed by atoms with Crippen LogP contribution >= 0.6 is 11.8 Å². The molecule has 1 unspecified atom stereocenters. The van der Waals surface area contributed by atoms with Gasteiger partial charge in [0.2, 0.25) is 0 Å². The van der Waals surface area contributed by atoms with Crippen LogP contribution in [0.15, 0.2) is 47.4 Å². The van der Waals surface area contributed by atoms with Gasteiger partial charge in [0, 0.05) is 10.1 Å². The average molecular weight is 270 g/mol. The highest BCUT2D eigenvalue weighted by Gasteiger charge is 2.19. The molecule has 0 amide bonds. The van der Waals surface area contributed by atoms with Gasteiger partial charge < -0.3 is 10.2 Å². The van der Waals surface area contributed by atoms with E-state index in [4.69, 9.17) is 0 Å². The minimum atomic E-state index is 0.283. The Balaban J connectivity index is 2.06. The van der Waals surface area contributed by atoms with Gasteiger partial charge in [-0.15, -0.1) is 11.8 Å². The Morgan fingerprint density at radius 3 is 2.37 bits per heavy atom. The van der Waals surface area contributed by atoms with E-state index in [0.29, 0.717) is 11.0 Å². The molecular weight excluding hydrogens is 256 g/mol. The molecule has 1 atom stereocenters. The lowest BCUT2D eigenvalue weighted by Crippen LogP contribution is -2.05. The first-order valence-electron chi connectivity index (χ1n) is 6.14. The molecule has 0 saturated heterocycles. The predicted octanol–water partition coefficient (Wildman–Crippen LogP) is 4.13. The quantitative estimate of drug-likeness (QED) is 0.818. The molecule has 3 rings (SSSR count). The zero-order valence-electron chi connectivity index (χ0n) is 10.5. The summed E-state index contributed by atoms with van der Waals surface area (Å²) in [5.74, 6) is 0.589. The van der Waals surface area contributed by atoms with Crippen LogP contribution in [0, 0.1) is 0 Å². The largest absolute Gasteiger partial charge is 0.508 e. The first-order valence-corrected chi connectivity index (χ1v) is 7.02. The van der Waals surface area contributed by atoms with E-state index in [1.807, 2.05) is 18.2 Å². The Morgan fingerprint density at radius 2 is 1.63 bits per heavy atom. The van der Waals surface area contributed by atoms with E-state index in [2.05, 4.69) is 13.0 Å². The molecule has 0 aromatic heterocycles. The maximum atomic E-state index is 9.53. The van der Waals surface area contributed by atoms with Crippen LogP contribution in [0.2, 0.25) is 0 Å². The third-order valence-electron chi connectivity index (χ3n) is 3.25. The highest BCUT2D eigenvalue weighted by atomic mass is 32.2. The molecule has 0 spiro atoms.